The van der Waals surface area contributed by atoms with Crippen LogP contribution in [-0.4, -0.2) is 26.9 Å². The predicted molar refractivity (Wildman–Crippen MR) is 78.7 cm³/mol. The molecule has 7 heteroatoms. The molecule has 0 atom stereocenters. The van der Waals surface area contributed by atoms with Crippen molar-refractivity contribution in [1.82, 2.24) is 15.5 Å². The third-order valence-electron chi connectivity index (χ3n) is 2.65. The molecule has 22 heavy (non-hydrogen) atoms. The number of ether oxygens (including phenoxy) is 1. The van der Waals surface area contributed by atoms with Crippen molar-refractivity contribution in [2.24, 2.45) is 0 Å². The highest BCUT2D eigenvalue weighted by Crippen LogP contribution is 2.17. The molecule has 2 rings (SSSR count). The molecule has 0 spiro atoms. The maximum atomic E-state index is 11.6. The van der Waals surface area contributed by atoms with Crippen molar-refractivity contribution in [3.63, 3.8) is 0 Å². The van der Waals surface area contributed by atoms with Crippen LogP contribution < -0.4 is 5.32 Å². The van der Waals surface area contributed by atoms with Gasteiger partial charge in [-0.05, 0) is 38.5 Å². The first-order chi connectivity index (χ1) is 10.4. The Hall–Kier alpha value is -2.41. The Morgan fingerprint density at radius 3 is 2.55 bits per heavy atom. The highest BCUT2D eigenvalue weighted by molar-refractivity contribution is 5.67. The molecular weight excluding hydrogens is 286 g/mol. The molecule has 2 N–H and O–H groups in total. The number of amides is 1. The lowest BCUT2D eigenvalue weighted by Gasteiger charge is -2.19. The number of alkyl carbamates (subject to hydrolysis) is 1. The quantitative estimate of drug-likeness (QED) is 0.899. The van der Waals surface area contributed by atoms with Crippen molar-refractivity contribution in [3.05, 3.63) is 35.7 Å². The number of benzene rings is 1. The highest BCUT2D eigenvalue weighted by atomic mass is 16.6. The van der Waals surface area contributed by atoms with E-state index in [0.29, 0.717) is 12.4 Å². The van der Waals surface area contributed by atoms with Gasteiger partial charge in [0.25, 0.3) is 5.89 Å². The van der Waals surface area contributed by atoms with Crippen molar-refractivity contribution < 1.29 is 19.2 Å². The van der Waals surface area contributed by atoms with E-state index in [1.54, 1.807) is 12.1 Å². The summed E-state index contributed by atoms with van der Waals surface area (Å²) in [5.74, 6) is 0.585. The minimum Gasteiger partial charge on any atom is -0.444 e. The molecule has 1 amide bonds. The number of hydrogen-bond donors (Lipinski definition) is 2. The number of nitrogens with zero attached hydrogens (tertiary/aromatic N) is 2. The SMILES string of the molecule is CC(C)(C)OC(=O)NCc1ccc(-c2nc(CO)no2)cc1. The van der Waals surface area contributed by atoms with Gasteiger partial charge in [-0.2, -0.15) is 4.98 Å². The minimum absolute atomic E-state index is 0.241. The second-order valence-corrected chi connectivity index (χ2v) is 5.73. The first-order valence-electron chi connectivity index (χ1n) is 6.87. The fourth-order valence-electron chi connectivity index (χ4n) is 1.69. The van der Waals surface area contributed by atoms with Gasteiger partial charge in [0.2, 0.25) is 0 Å². The molecule has 0 saturated carbocycles. The largest absolute Gasteiger partial charge is 0.444 e. The average molecular weight is 305 g/mol. The van der Waals surface area contributed by atoms with Crippen molar-refractivity contribution in [3.8, 4) is 11.5 Å². The Morgan fingerprint density at radius 1 is 1.32 bits per heavy atom. The monoisotopic (exact) mass is 305 g/mol. The smallest absolute Gasteiger partial charge is 0.407 e. The van der Waals surface area contributed by atoms with Gasteiger partial charge in [-0.15, -0.1) is 0 Å². The van der Waals surface area contributed by atoms with Crippen LogP contribution in [0, 0.1) is 0 Å². The molecule has 1 heterocycles. The van der Waals surface area contributed by atoms with Gasteiger partial charge in [-0.1, -0.05) is 17.3 Å². The molecule has 0 saturated heterocycles. The van der Waals surface area contributed by atoms with Crippen LogP contribution in [0.3, 0.4) is 0 Å². The molecule has 118 valence electrons. The van der Waals surface area contributed by atoms with E-state index < -0.39 is 11.7 Å². The van der Waals surface area contributed by atoms with Gasteiger partial charge in [-0.25, -0.2) is 4.79 Å². The molecular formula is C15H19N3O4. The minimum atomic E-state index is -0.518. The molecule has 0 unspecified atom stereocenters. The van der Waals surface area contributed by atoms with Crippen LogP contribution in [0.5, 0.6) is 0 Å². The van der Waals surface area contributed by atoms with Gasteiger partial charge in [0, 0.05) is 12.1 Å². The summed E-state index contributed by atoms with van der Waals surface area (Å²) in [5, 5.41) is 15.2. The second-order valence-electron chi connectivity index (χ2n) is 5.73. The number of nitrogens with one attached hydrogen (secondary N) is 1. The van der Waals surface area contributed by atoms with E-state index in [1.165, 1.54) is 0 Å². The molecule has 0 fully saturated rings. The number of rotatable bonds is 4. The summed E-state index contributed by atoms with van der Waals surface area (Å²) in [6, 6.07) is 7.30. The average Bonchev–Trinajstić information content (AvgIpc) is 2.93. The Balaban J connectivity index is 1.93. The fourth-order valence-corrected chi connectivity index (χ4v) is 1.69. The summed E-state index contributed by atoms with van der Waals surface area (Å²) in [5.41, 5.74) is 1.14. The molecule has 0 radical (unpaired) electrons. The third kappa shape index (κ3) is 4.56. The Kier molecular flexibility index (Phi) is 4.77. The van der Waals surface area contributed by atoms with Gasteiger partial charge >= 0.3 is 6.09 Å². The zero-order valence-electron chi connectivity index (χ0n) is 12.8. The Morgan fingerprint density at radius 2 is 2.00 bits per heavy atom. The van der Waals surface area contributed by atoms with E-state index in [0.717, 1.165) is 11.1 Å². The van der Waals surface area contributed by atoms with Gasteiger partial charge in [0.05, 0.1) is 0 Å². The first-order valence-corrected chi connectivity index (χ1v) is 6.87. The number of carbonyl (C=O) groups excluding carboxylic acids is 1. The molecule has 1 aromatic carbocycles. The standard InChI is InChI=1S/C15H19N3O4/c1-15(2,3)21-14(20)16-8-10-4-6-11(7-5-10)13-17-12(9-19)18-22-13/h4-7,19H,8-9H2,1-3H3,(H,16,20). The van der Waals surface area contributed by atoms with E-state index in [9.17, 15) is 4.79 Å². The van der Waals surface area contributed by atoms with Gasteiger partial charge < -0.3 is 19.7 Å². The maximum absolute atomic E-state index is 11.6. The Bertz CT molecular complexity index is 629. The highest BCUT2D eigenvalue weighted by Gasteiger charge is 2.15. The van der Waals surface area contributed by atoms with Crippen LogP contribution in [0.2, 0.25) is 0 Å². The zero-order chi connectivity index (χ0) is 16.2. The lowest BCUT2D eigenvalue weighted by Crippen LogP contribution is -2.32. The van der Waals surface area contributed by atoms with Crippen LogP contribution in [-0.2, 0) is 17.9 Å². The normalized spacial score (nSPS) is 11.3. The van der Waals surface area contributed by atoms with E-state index >= 15 is 0 Å². The number of carbonyl (C=O) groups is 1. The van der Waals surface area contributed by atoms with Crippen LogP contribution in [0.1, 0.15) is 32.2 Å². The summed E-state index contributed by atoms with van der Waals surface area (Å²) in [6.07, 6.45) is -0.457. The molecule has 0 aliphatic rings. The molecule has 2 aromatic rings. The molecule has 0 aliphatic heterocycles. The first kappa shape index (κ1) is 16.0. The Labute approximate surface area is 128 Å². The molecule has 0 bridgehead atoms. The van der Waals surface area contributed by atoms with Gasteiger partial charge in [0.1, 0.15) is 12.2 Å². The zero-order valence-corrected chi connectivity index (χ0v) is 12.8. The molecule has 0 aliphatic carbocycles. The van der Waals surface area contributed by atoms with Crippen molar-refractivity contribution >= 4 is 6.09 Å². The predicted octanol–water partition coefficient (Wildman–Crippen LogP) is 2.25. The summed E-state index contributed by atoms with van der Waals surface area (Å²) < 4.78 is 10.2. The van der Waals surface area contributed by atoms with Gasteiger partial charge in [0.15, 0.2) is 5.82 Å². The van der Waals surface area contributed by atoms with Crippen LogP contribution in [0.4, 0.5) is 4.79 Å². The fraction of sp³-hybridized carbons (Fsp3) is 0.400. The maximum Gasteiger partial charge on any atom is 0.407 e. The van der Waals surface area contributed by atoms with Crippen LogP contribution in [0.15, 0.2) is 28.8 Å². The number of aromatic nitrogens is 2. The number of aliphatic hydroxyl groups excluding tert-OH is 1. The van der Waals surface area contributed by atoms with E-state index in [2.05, 4.69) is 15.5 Å². The van der Waals surface area contributed by atoms with Gasteiger partial charge in [-0.3, -0.25) is 0 Å². The number of aliphatic hydroxyl groups is 1. The number of hydrogen-bond acceptors (Lipinski definition) is 6. The van der Waals surface area contributed by atoms with Crippen molar-refractivity contribution in [2.75, 3.05) is 0 Å². The lowest BCUT2D eigenvalue weighted by molar-refractivity contribution is 0.0523. The van der Waals surface area contributed by atoms with E-state index in [1.807, 2.05) is 32.9 Å². The van der Waals surface area contributed by atoms with E-state index in [-0.39, 0.29) is 12.4 Å². The summed E-state index contributed by atoms with van der Waals surface area (Å²) in [7, 11) is 0. The van der Waals surface area contributed by atoms with Crippen molar-refractivity contribution in [2.45, 2.75) is 39.5 Å². The van der Waals surface area contributed by atoms with E-state index in [4.69, 9.17) is 14.4 Å². The summed E-state index contributed by atoms with van der Waals surface area (Å²) in [6.45, 7) is 5.54. The summed E-state index contributed by atoms with van der Waals surface area (Å²) in [4.78, 5) is 15.6. The van der Waals surface area contributed by atoms with Crippen molar-refractivity contribution in [1.29, 1.82) is 0 Å². The molecule has 7 nitrogen and oxygen atoms in total. The molecule has 1 aromatic heterocycles. The lowest BCUT2D eigenvalue weighted by atomic mass is 10.1. The third-order valence-corrected chi connectivity index (χ3v) is 2.65. The van der Waals surface area contributed by atoms with Crippen LogP contribution >= 0.6 is 0 Å². The summed E-state index contributed by atoms with van der Waals surface area (Å²) >= 11 is 0. The van der Waals surface area contributed by atoms with Crippen LogP contribution in [0.25, 0.3) is 11.5 Å². The topological polar surface area (TPSA) is 97.5 Å². The second kappa shape index (κ2) is 6.57.